The molecule has 148 valence electrons. The van der Waals surface area contributed by atoms with Crippen LogP contribution in [0, 0.1) is 0 Å². The van der Waals surface area contributed by atoms with Gasteiger partial charge in [0.2, 0.25) is 0 Å². The smallest absolute Gasteiger partial charge is 0.0562 e. The van der Waals surface area contributed by atoms with Gasteiger partial charge in [0, 0.05) is 29.2 Å². The summed E-state index contributed by atoms with van der Waals surface area (Å²) in [6, 6.07) is 41.0. The quantitative estimate of drug-likeness (QED) is 0.296. The minimum Gasteiger partial charge on any atom is -0.344 e. The normalized spacial score (nSPS) is 11.4. The zero-order valence-electron chi connectivity index (χ0n) is 17.4. The van der Waals surface area contributed by atoms with Crippen LogP contribution < -0.4 is 4.90 Å². The van der Waals surface area contributed by atoms with Crippen molar-refractivity contribution in [2.24, 2.45) is 0 Å². The fraction of sp³-hybridized carbons (Fsp3) is 0.0345. The summed E-state index contributed by atoms with van der Waals surface area (Å²) in [6.45, 7) is 0. The maximum absolute atomic E-state index is 2.39. The molecule has 2 nitrogen and oxygen atoms in total. The van der Waals surface area contributed by atoms with Crippen LogP contribution >= 0.6 is 0 Å². The molecule has 0 N–H and O–H groups in total. The number of hydrogen-bond acceptors (Lipinski definition) is 1. The van der Waals surface area contributed by atoms with Gasteiger partial charge in [-0.25, -0.2) is 0 Å². The van der Waals surface area contributed by atoms with Gasteiger partial charge < -0.3 is 9.47 Å². The summed E-state index contributed by atoms with van der Waals surface area (Å²) < 4.78 is 2.39. The first-order chi connectivity index (χ1) is 15.3. The summed E-state index contributed by atoms with van der Waals surface area (Å²) in [5, 5.41) is 5.13. The molecule has 6 rings (SSSR count). The Bertz CT molecular complexity index is 1530. The van der Waals surface area contributed by atoms with E-state index in [-0.39, 0.29) is 0 Å². The number of anilines is 2. The highest BCUT2D eigenvalue weighted by atomic mass is 15.1. The molecule has 6 aromatic rings. The van der Waals surface area contributed by atoms with Crippen molar-refractivity contribution in [3.8, 4) is 5.69 Å². The molecule has 31 heavy (non-hydrogen) atoms. The minimum absolute atomic E-state index is 1.18. The summed E-state index contributed by atoms with van der Waals surface area (Å²) in [4.78, 5) is 2.29. The van der Waals surface area contributed by atoms with Gasteiger partial charge in [-0.1, -0.05) is 72.8 Å². The van der Waals surface area contributed by atoms with Crippen LogP contribution in [0.25, 0.3) is 38.3 Å². The average Bonchev–Trinajstić information content (AvgIpc) is 3.19. The molecule has 1 aromatic heterocycles. The molecule has 0 saturated carbocycles. The van der Waals surface area contributed by atoms with Crippen molar-refractivity contribution in [2.45, 2.75) is 0 Å². The lowest BCUT2D eigenvalue weighted by atomic mass is 10.0. The van der Waals surface area contributed by atoms with E-state index in [0.29, 0.717) is 0 Å². The van der Waals surface area contributed by atoms with Crippen LogP contribution in [-0.4, -0.2) is 11.6 Å². The van der Waals surface area contributed by atoms with Crippen LogP contribution in [0.1, 0.15) is 0 Å². The molecule has 0 aliphatic carbocycles. The third kappa shape index (κ3) is 2.72. The molecule has 2 heteroatoms. The van der Waals surface area contributed by atoms with Gasteiger partial charge in [0.1, 0.15) is 0 Å². The van der Waals surface area contributed by atoms with E-state index in [1.54, 1.807) is 0 Å². The molecule has 0 spiro atoms. The Hall–Kier alpha value is -4.04. The van der Waals surface area contributed by atoms with E-state index < -0.39 is 0 Å². The van der Waals surface area contributed by atoms with Gasteiger partial charge in [0.05, 0.1) is 16.7 Å². The van der Waals surface area contributed by atoms with E-state index in [0.717, 1.165) is 0 Å². The minimum atomic E-state index is 1.18. The Morgan fingerprint density at radius 2 is 1.23 bits per heavy atom. The average molecular weight is 399 g/mol. The predicted octanol–water partition coefficient (Wildman–Crippen LogP) is 7.70. The highest BCUT2D eigenvalue weighted by Gasteiger charge is 2.19. The van der Waals surface area contributed by atoms with E-state index >= 15 is 0 Å². The largest absolute Gasteiger partial charge is 0.344 e. The van der Waals surface area contributed by atoms with Gasteiger partial charge in [0.15, 0.2) is 0 Å². The second-order valence-corrected chi connectivity index (χ2v) is 7.92. The third-order valence-corrected chi connectivity index (χ3v) is 6.18. The Kier molecular flexibility index (Phi) is 4.03. The molecule has 5 aromatic carbocycles. The van der Waals surface area contributed by atoms with Crippen LogP contribution in [-0.2, 0) is 0 Å². The first-order valence-corrected chi connectivity index (χ1v) is 10.6. The van der Waals surface area contributed by atoms with Crippen molar-refractivity contribution in [3.63, 3.8) is 0 Å². The highest BCUT2D eigenvalue weighted by molar-refractivity contribution is 6.25. The fourth-order valence-electron chi connectivity index (χ4n) is 4.74. The molecule has 0 aliphatic heterocycles. The van der Waals surface area contributed by atoms with Gasteiger partial charge in [-0.05, 0) is 53.2 Å². The van der Waals surface area contributed by atoms with Crippen molar-refractivity contribution in [1.82, 2.24) is 4.57 Å². The standard InChI is InChI=1S/C29H22N2/c1-30(22-12-4-2-5-13-22)25-17-10-18-26-29(25)28-24-16-9-8-11-21(24)19-20-27(28)31(26)23-14-6-3-7-15-23/h2-20H,1H3. The van der Waals surface area contributed by atoms with Crippen LogP contribution in [0.2, 0.25) is 0 Å². The van der Waals surface area contributed by atoms with E-state index in [9.17, 15) is 0 Å². The Labute approximate surface area is 181 Å². The number of benzene rings is 5. The van der Waals surface area contributed by atoms with Crippen molar-refractivity contribution >= 4 is 44.0 Å². The number of aromatic nitrogens is 1. The first-order valence-electron chi connectivity index (χ1n) is 10.6. The topological polar surface area (TPSA) is 8.17 Å². The number of hydrogen-bond donors (Lipinski definition) is 0. The highest BCUT2D eigenvalue weighted by Crippen LogP contribution is 2.42. The van der Waals surface area contributed by atoms with Crippen LogP contribution in [0.15, 0.2) is 115 Å². The molecule has 0 unspecified atom stereocenters. The summed E-state index contributed by atoms with van der Waals surface area (Å²) >= 11 is 0. The lowest BCUT2D eigenvalue weighted by Gasteiger charge is -2.21. The first kappa shape index (κ1) is 17.8. The van der Waals surface area contributed by atoms with Gasteiger partial charge in [0.25, 0.3) is 0 Å². The predicted molar refractivity (Wildman–Crippen MR) is 133 cm³/mol. The fourth-order valence-corrected chi connectivity index (χ4v) is 4.74. The number of nitrogens with zero attached hydrogens (tertiary/aromatic N) is 2. The maximum atomic E-state index is 2.39. The molecule has 0 atom stereocenters. The van der Waals surface area contributed by atoms with Crippen LogP contribution in [0.5, 0.6) is 0 Å². The monoisotopic (exact) mass is 398 g/mol. The molecule has 0 bridgehead atoms. The van der Waals surface area contributed by atoms with Crippen molar-refractivity contribution < 1.29 is 0 Å². The van der Waals surface area contributed by atoms with Crippen molar-refractivity contribution in [2.75, 3.05) is 11.9 Å². The zero-order valence-corrected chi connectivity index (χ0v) is 17.4. The lowest BCUT2D eigenvalue weighted by Crippen LogP contribution is -2.09. The Balaban J connectivity index is 1.80. The zero-order chi connectivity index (χ0) is 20.8. The third-order valence-electron chi connectivity index (χ3n) is 6.18. The van der Waals surface area contributed by atoms with E-state index in [2.05, 4.69) is 132 Å². The SMILES string of the molecule is CN(c1ccccc1)c1cccc2c1c1c3ccccc3ccc1n2-c1ccccc1. The maximum Gasteiger partial charge on any atom is 0.0562 e. The molecule has 0 radical (unpaired) electrons. The Morgan fingerprint density at radius 1 is 0.548 bits per heavy atom. The van der Waals surface area contributed by atoms with Crippen LogP contribution in [0.4, 0.5) is 11.4 Å². The van der Waals surface area contributed by atoms with Crippen molar-refractivity contribution in [1.29, 1.82) is 0 Å². The molecule has 0 saturated heterocycles. The van der Waals surface area contributed by atoms with Crippen molar-refractivity contribution in [3.05, 3.63) is 115 Å². The Morgan fingerprint density at radius 3 is 2.03 bits per heavy atom. The second-order valence-electron chi connectivity index (χ2n) is 7.92. The van der Waals surface area contributed by atoms with Gasteiger partial charge >= 0.3 is 0 Å². The van der Waals surface area contributed by atoms with Gasteiger partial charge in [-0.3, -0.25) is 0 Å². The van der Waals surface area contributed by atoms with E-state index in [4.69, 9.17) is 0 Å². The molecule has 0 aliphatic rings. The lowest BCUT2D eigenvalue weighted by molar-refractivity contribution is 1.18. The van der Waals surface area contributed by atoms with Gasteiger partial charge in [-0.2, -0.15) is 0 Å². The number of fused-ring (bicyclic) bond motifs is 5. The van der Waals surface area contributed by atoms with Gasteiger partial charge in [-0.15, -0.1) is 0 Å². The molecular weight excluding hydrogens is 376 g/mol. The summed E-state index contributed by atoms with van der Waals surface area (Å²) in [6.07, 6.45) is 0. The second kappa shape index (κ2) is 7.03. The van der Waals surface area contributed by atoms with Crippen LogP contribution in [0.3, 0.4) is 0 Å². The molecular formula is C29H22N2. The summed E-state index contributed by atoms with van der Waals surface area (Å²) in [5.74, 6) is 0. The van der Waals surface area contributed by atoms with E-state index in [1.165, 1.54) is 49.6 Å². The molecule has 0 amide bonds. The number of rotatable bonds is 3. The number of para-hydroxylation sites is 2. The summed E-state index contributed by atoms with van der Waals surface area (Å²) in [7, 11) is 2.15. The summed E-state index contributed by atoms with van der Waals surface area (Å²) in [5.41, 5.74) is 6.01. The molecule has 1 heterocycles. The van der Waals surface area contributed by atoms with E-state index in [1.807, 2.05) is 0 Å². The molecule has 0 fully saturated rings.